The molecule has 0 aromatic rings. The predicted molar refractivity (Wildman–Crippen MR) is 50.7 cm³/mol. The molecule has 0 bridgehead atoms. The summed E-state index contributed by atoms with van der Waals surface area (Å²) in [5, 5.41) is 2.51. The maximum Gasteiger partial charge on any atom is 0.222 e. The van der Waals surface area contributed by atoms with Crippen molar-refractivity contribution in [2.24, 2.45) is 5.92 Å². The van der Waals surface area contributed by atoms with Gasteiger partial charge in [0.1, 0.15) is 0 Å². The monoisotopic (exact) mass is 208 g/mol. The SMILES string of the molecule is CNS(=O)(=O)CCNC(=O)C(C)C. The zero-order chi connectivity index (χ0) is 10.5. The van der Waals surface area contributed by atoms with E-state index in [0.29, 0.717) is 0 Å². The molecule has 0 spiro atoms. The summed E-state index contributed by atoms with van der Waals surface area (Å²) in [5.41, 5.74) is 0. The van der Waals surface area contributed by atoms with Crippen LogP contribution < -0.4 is 10.0 Å². The van der Waals surface area contributed by atoms with Gasteiger partial charge in [-0.05, 0) is 7.05 Å². The number of amides is 1. The molecule has 78 valence electrons. The van der Waals surface area contributed by atoms with E-state index in [4.69, 9.17) is 0 Å². The maximum atomic E-state index is 11.0. The van der Waals surface area contributed by atoms with Crippen molar-refractivity contribution in [1.82, 2.24) is 10.0 Å². The minimum atomic E-state index is -3.21. The maximum absolute atomic E-state index is 11.0. The fourth-order valence-electron chi connectivity index (χ4n) is 0.615. The fraction of sp³-hybridized carbons (Fsp3) is 0.857. The van der Waals surface area contributed by atoms with Crippen LogP contribution in [0, 0.1) is 5.92 Å². The number of sulfonamides is 1. The van der Waals surface area contributed by atoms with E-state index < -0.39 is 10.0 Å². The molecule has 0 fully saturated rings. The minimum Gasteiger partial charge on any atom is -0.355 e. The lowest BCUT2D eigenvalue weighted by molar-refractivity contribution is -0.123. The Bertz CT molecular complexity index is 259. The van der Waals surface area contributed by atoms with Crippen molar-refractivity contribution in [3.63, 3.8) is 0 Å². The Kier molecular flexibility index (Phi) is 4.94. The number of hydrogen-bond acceptors (Lipinski definition) is 3. The summed E-state index contributed by atoms with van der Waals surface area (Å²) < 4.78 is 23.9. The molecule has 0 unspecified atom stereocenters. The van der Waals surface area contributed by atoms with Crippen LogP contribution in [0.3, 0.4) is 0 Å². The van der Waals surface area contributed by atoms with E-state index in [-0.39, 0.29) is 24.1 Å². The fourth-order valence-corrected chi connectivity index (χ4v) is 1.19. The number of carbonyl (C=O) groups excluding carboxylic acids is 1. The molecule has 2 N–H and O–H groups in total. The van der Waals surface area contributed by atoms with Crippen LogP contribution in [-0.4, -0.2) is 33.7 Å². The minimum absolute atomic E-state index is 0.0814. The standard InChI is InChI=1S/C7H16N2O3S/c1-6(2)7(10)9-4-5-13(11,12)8-3/h6,8H,4-5H2,1-3H3,(H,9,10). The van der Waals surface area contributed by atoms with Crippen LogP contribution in [0.5, 0.6) is 0 Å². The lowest BCUT2D eigenvalue weighted by Gasteiger charge is -2.07. The molecule has 0 heterocycles. The third-order valence-electron chi connectivity index (χ3n) is 1.51. The molecule has 0 aliphatic carbocycles. The van der Waals surface area contributed by atoms with E-state index in [9.17, 15) is 13.2 Å². The highest BCUT2D eigenvalue weighted by atomic mass is 32.2. The molecular formula is C7H16N2O3S. The summed E-state index contributed by atoms with van der Waals surface area (Å²) >= 11 is 0. The number of carbonyl (C=O) groups is 1. The first kappa shape index (κ1) is 12.4. The van der Waals surface area contributed by atoms with Gasteiger partial charge in [0.05, 0.1) is 5.75 Å². The molecule has 5 nitrogen and oxygen atoms in total. The lowest BCUT2D eigenvalue weighted by Crippen LogP contribution is -2.34. The van der Waals surface area contributed by atoms with Gasteiger partial charge in [0.15, 0.2) is 0 Å². The lowest BCUT2D eigenvalue weighted by atomic mass is 10.2. The van der Waals surface area contributed by atoms with Crippen molar-refractivity contribution in [1.29, 1.82) is 0 Å². The van der Waals surface area contributed by atoms with Crippen molar-refractivity contribution in [3.8, 4) is 0 Å². The molecular weight excluding hydrogens is 192 g/mol. The van der Waals surface area contributed by atoms with Crippen LogP contribution in [0.2, 0.25) is 0 Å². The molecule has 0 aliphatic heterocycles. The van der Waals surface area contributed by atoms with Gasteiger partial charge in [-0.2, -0.15) is 0 Å². The molecule has 0 aromatic carbocycles. The number of nitrogens with one attached hydrogen (secondary N) is 2. The molecule has 0 rings (SSSR count). The Morgan fingerprint density at radius 3 is 2.31 bits per heavy atom. The van der Waals surface area contributed by atoms with Crippen molar-refractivity contribution in [2.45, 2.75) is 13.8 Å². The molecule has 6 heteroatoms. The predicted octanol–water partition coefficient (Wildman–Crippen LogP) is -0.692. The normalized spacial score (nSPS) is 11.7. The van der Waals surface area contributed by atoms with E-state index in [2.05, 4.69) is 10.0 Å². The Labute approximate surface area is 79.0 Å². The second kappa shape index (κ2) is 5.18. The number of rotatable bonds is 5. The quantitative estimate of drug-likeness (QED) is 0.628. The summed E-state index contributed by atoms with van der Waals surface area (Å²) in [5.74, 6) is -0.328. The van der Waals surface area contributed by atoms with E-state index in [1.165, 1.54) is 7.05 Å². The third kappa shape index (κ3) is 5.59. The Morgan fingerprint density at radius 2 is 1.92 bits per heavy atom. The van der Waals surface area contributed by atoms with Crippen LogP contribution in [0.1, 0.15) is 13.8 Å². The summed E-state index contributed by atoms with van der Waals surface area (Å²) in [7, 11) is -1.86. The molecule has 0 aliphatic rings. The third-order valence-corrected chi connectivity index (χ3v) is 2.87. The Morgan fingerprint density at radius 1 is 1.38 bits per heavy atom. The van der Waals surface area contributed by atoms with Crippen LogP contribution in [0.25, 0.3) is 0 Å². The smallest absolute Gasteiger partial charge is 0.222 e. The largest absolute Gasteiger partial charge is 0.355 e. The van der Waals surface area contributed by atoms with Gasteiger partial charge in [0.25, 0.3) is 0 Å². The van der Waals surface area contributed by atoms with Crippen LogP contribution in [-0.2, 0) is 14.8 Å². The van der Waals surface area contributed by atoms with E-state index in [1.807, 2.05) is 0 Å². The van der Waals surface area contributed by atoms with E-state index >= 15 is 0 Å². The highest BCUT2D eigenvalue weighted by Gasteiger charge is 2.09. The van der Waals surface area contributed by atoms with Crippen LogP contribution in [0.4, 0.5) is 0 Å². The Balaban J connectivity index is 3.76. The van der Waals surface area contributed by atoms with Gasteiger partial charge in [0, 0.05) is 12.5 Å². The van der Waals surface area contributed by atoms with Crippen molar-refractivity contribution >= 4 is 15.9 Å². The molecule has 0 saturated heterocycles. The van der Waals surface area contributed by atoms with Gasteiger partial charge in [-0.15, -0.1) is 0 Å². The summed E-state index contributed by atoms with van der Waals surface area (Å²) in [6.45, 7) is 3.66. The van der Waals surface area contributed by atoms with Crippen LogP contribution >= 0.6 is 0 Å². The topological polar surface area (TPSA) is 75.3 Å². The number of hydrogen-bond donors (Lipinski definition) is 2. The first-order valence-electron chi connectivity index (χ1n) is 4.08. The first-order valence-corrected chi connectivity index (χ1v) is 5.73. The molecule has 0 atom stereocenters. The summed E-state index contributed by atoms with van der Waals surface area (Å²) in [4.78, 5) is 11.0. The zero-order valence-corrected chi connectivity index (χ0v) is 8.94. The van der Waals surface area contributed by atoms with Crippen molar-refractivity contribution in [2.75, 3.05) is 19.3 Å². The molecule has 1 amide bonds. The summed E-state index contributed by atoms with van der Waals surface area (Å²) in [6.07, 6.45) is 0. The van der Waals surface area contributed by atoms with Gasteiger partial charge in [-0.3, -0.25) is 4.79 Å². The molecule has 13 heavy (non-hydrogen) atoms. The second-order valence-corrected chi connectivity index (χ2v) is 5.01. The molecule has 0 saturated carbocycles. The summed E-state index contributed by atoms with van der Waals surface area (Å²) in [6, 6.07) is 0. The molecule has 0 aromatic heterocycles. The van der Waals surface area contributed by atoms with Gasteiger partial charge in [-0.1, -0.05) is 13.8 Å². The van der Waals surface area contributed by atoms with Crippen molar-refractivity contribution < 1.29 is 13.2 Å². The van der Waals surface area contributed by atoms with Gasteiger partial charge < -0.3 is 5.32 Å². The van der Waals surface area contributed by atoms with Crippen molar-refractivity contribution in [3.05, 3.63) is 0 Å². The zero-order valence-electron chi connectivity index (χ0n) is 8.12. The highest BCUT2D eigenvalue weighted by molar-refractivity contribution is 7.89. The molecule has 0 radical (unpaired) electrons. The van der Waals surface area contributed by atoms with Gasteiger partial charge >= 0.3 is 0 Å². The average Bonchev–Trinajstić information content (AvgIpc) is 2.04. The van der Waals surface area contributed by atoms with E-state index in [0.717, 1.165) is 0 Å². The van der Waals surface area contributed by atoms with E-state index in [1.54, 1.807) is 13.8 Å². The second-order valence-electron chi connectivity index (χ2n) is 2.97. The Hall–Kier alpha value is -0.620. The van der Waals surface area contributed by atoms with Crippen LogP contribution in [0.15, 0.2) is 0 Å². The highest BCUT2D eigenvalue weighted by Crippen LogP contribution is 1.90. The average molecular weight is 208 g/mol. The first-order chi connectivity index (χ1) is 5.89. The van der Waals surface area contributed by atoms with Gasteiger partial charge in [0.2, 0.25) is 15.9 Å². The van der Waals surface area contributed by atoms with Gasteiger partial charge in [-0.25, -0.2) is 13.1 Å².